The van der Waals surface area contributed by atoms with Gasteiger partial charge in [-0.15, -0.1) is 0 Å². The molecule has 1 saturated carbocycles. The van der Waals surface area contributed by atoms with E-state index in [0.717, 1.165) is 34.7 Å². The zero-order valence-corrected chi connectivity index (χ0v) is 16.6. The molecule has 0 bridgehead atoms. The lowest BCUT2D eigenvalue weighted by Crippen LogP contribution is -2.46. The first kappa shape index (κ1) is 19.2. The Kier molecular flexibility index (Phi) is 5.13. The van der Waals surface area contributed by atoms with Crippen LogP contribution < -0.4 is 10.2 Å². The number of aryl methyl sites for hydroxylation is 2. The molecule has 3 amide bonds. The lowest BCUT2D eigenvalue weighted by molar-refractivity contribution is -0.142. The highest BCUT2D eigenvalue weighted by atomic mass is 16.5. The van der Waals surface area contributed by atoms with Gasteiger partial charge in [0.15, 0.2) is 5.76 Å². The van der Waals surface area contributed by atoms with E-state index in [-0.39, 0.29) is 36.0 Å². The number of fused-ring (bicyclic) bond motifs is 1. The number of imide groups is 1. The van der Waals surface area contributed by atoms with E-state index in [9.17, 15) is 14.4 Å². The lowest BCUT2D eigenvalue weighted by atomic mass is 9.81. The third kappa shape index (κ3) is 3.77. The Balaban J connectivity index is 1.39. The second-order valence-corrected chi connectivity index (χ2v) is 7.77. The molecular formula is C22H24N2O5. The summed E-state index contributed by atoms with van der Waals surface area (Å²) in [5.41, 5.74) is 4.51. The van der Waals surface area contributed by atoms with Gasteiger partial charge in [0.25, 0.3) is 11.8 Å². The Morgan fingerprint density at radius 2 is 1.79 bits per heavy atom. The third-order valence-corrected chi connectivity index (χ3v) is 5.65. The van der Waals surface area contributed by atoms with E-state index in [0.29, 0.717) is 18.6 Å². The fraction of sp³-hybridized carbons (Fsp3) is 0.409. The summed E-state index contributed by atoms with van der Waals surface area (Å²) in [4.78, 5) is 37.5. The molecule has 2 heterocycles. The van der Waals surface area contributed by atoms with Crippen LogP contribution in [0.15, 0.2) is 34.7 Å². The second kappa shape index (κ2) is 7.73. The molecule has 0 radical (unpaired) electrons. The summed E-state index contributed by atoms with van der Waals surface area (Å²) >= 11 is 0. The molecule has 1 aliphatic carbocycles. The number of carbonyl (C=O) groups is 3. The van der Waals surface area contributed by atoms with Crippen LogP contribution in [0.5, 0.6) is 5.75 Å². The zero-order valence-electron chi connectivity index (χ0n) is 16.6. The summed E-state index contributed by atoms with van der Waals surface area (Å²) in [5, 5.41) is 0.873. The predicted molar refractivity (Wildman–Crippen MR) is 104 cm³/mol. The van der Waals surface area contributed by atoms with Crippen LogP contribution in [0.2, 0.25) is 0 Å². The minimum Gasteiger partial charge on any atom is -0.485 e. The highest BCUT2D eigenvalue weighted by molar-refractivity contribution is 6.07. The molecule has 2 aliphatic rings. The number of hydrogen-bond acceptors (Lipinski definition) is 5. The Bertz CT molecular complexity index is 940. The predicted octanol–water partition coefficient (Wildman–Crippen LogP) is 3.30. The SMILES string of the molecule is Cc1ccc(C)c(OCc2ccc(C(=O)NN3C(=O)[C@H]4CCCC[C@H]4C3=O)o2)c1. The molecule has 2 aromatic rings. The van der Waals surface area contributed by atoms with Crippen molar-refractivity contribution in [2.75, 3.05) is 0 Å². The van der Waals surface area contributed by atoms with E-state index in [1.807, 2.05) is 32.0 Å². The van der Waals surface area contributed by atoms with Crippen molar-refractivity contribution in [2.24, 2.45) is 11.8 Å². The van der Waals surface area contributed by atoms with E-state index in [1.54, 1.807) is 6.07 Å². The number of carbonyl (C=O) groups excluding carboxylic acids is 3. The van der Waals surface area contributed by atoms with Crippen molar-refractivity contribution in [2.45, 2.75) is 46.1 Å². The number of amides is 3. The number of hydrazine groups is 1. The molecular weight excluding hydrogens is 372 g/mol. The number of hydrogen-bond donors (Lipinski definition) is 1. The van der Waals surface area contributed by atoms with Crippen LogP contribution in [-0.4, -0.2) is 22.7 Å². The maximum atomic E-state index is 12.5. The smallest absolute Gasteiger partial charge is 0.305 e. The normalized spacial score (nSPS) is 21.2. The van der Waals surface area contributed by atoms with Gasteiger partial charge in [-0.05, 0) is 56.0 Å². The van der Waals surface area contributed by atoms with Crippen molar-refractivity contribution in [3.63, 3.8) is 0 Å². The van der Waals surface area contributed by atoms with E-state index in [2.05, 4.69) is 5.43 Å². The van der Waals surface area contributed by atoms with Crippen molar-refractivity contribution in [1.82, 2.24) is 10.4 Å². The number of rotatable bonds is 5. The van der Waals surface area contributed by atoms with Gasteiger partial charge in [-0.25, -0.2) is 0 Å². The summed E-state index contributed by atoms with van der Waals surface area (Å²) in [6.07, 6.45) is 3.26. The fourth-order valence-electron chi connectivity index (χ4n) is 4.02. The average molecular weight is 396 g/mol. The molecule has 7 nitrogen and oxygen atoms in total. The van der Waals surface area contributed by atoms with Gasteiger partial charge in [0.2, 0.25) is 0 Å². The highest BCUT2D eigenvalue weighted by Gasteiger charge is 2.49. The highest BCUT2D eigenvalue weighted by Crippen LogP contribution is 2.37. The average Bonchev–Trinajstić information content (AvgIpc) is 3.28. The van der Waals surface area contributed by atoms with Crippen LogP contribution in [0, 0.1) is 25.7 Å². The van der Waals surface area contributed by atoms with Crippen molar-refractivity contribution in [1.29, 1.82) is 0 Å². The molecule has 7 heteroatoms. The Hall–Kier alpha value is -3.09. The molecule has 29 heavy (non-hydrogen) atoms. The number of ether oxygens (including phenoxy) is 1. The molecule has 1 saturated heterocycles. The van der Waals surface area contributed by atoms with Gasteiger partial charge in [0, 0.05) is 0 Å². The van der Waals surface area contributed by atoms with E-state index >= 15 is 0 Å². The second-order valence-electron chi connectivity index (χ2n) is 7.77. The van der Waals surface area contributed by atoms with Gasteiger partial charge in [-0.2, -0.15) is 5.01 Å². The number of nitrogens with zero attached hydrogens (tertiary/aromatic N) is 1. The van der Waals surface area contributed by atoms with E-state index in [4.69, 9.17) is 9.15 Å². The van der Waals surface area contributed by atoms with Gasteiger partial charge in [-0.3, -0.25) is 19.8 Å². The number of benzene rings is 1. The molecule has 4 rings (SSSR count). The van der Waals surface area contributed by atoms with E-state index < -0.39 is 5.91 Å². The summed E-state index contributed by atoms with van der Waals surface area (Å²) in [7, 11) is 0. The maximum absolute atomic E-state index is 12.5. The van der Waals surface area contributed by atoms with Gasteiger partial charge in [0.05, 0.1) is 11.8 Å². The summed E-state index contributed by atoms with van der Waals surface area (Å²) in [6, 6.07) is 9.08. The molecule has 1 aromatic carbocycles. The van der Waals surface area contributed by atoms with Crippen LogP contribution >= 0.6 is 0 Å². The molecule has 2 fully saturated rings. The quantitative estimate of drug-likeness (QED) is 0.784. The first-order chi connectivity index (χ1) is 13.9. The van der Waals surface area contributed by atoms with Crippen LogP contribution in [0.25, 0.3) is 0 Å². The maximum Gasteiger partial charge on any atom is 0.305 e. The van der Waals surface area contributed by atoms with Crippen LogP contribution in [0.3, 0.4) is 0 Å². The van der Waals surface area contributed by atoms with Crippen molar-refractivity contribution >= 4 is 17.7 Å². The van der Waals surface area contributed by atoms with Crippen molar-refractivity contribution in [3.05, 3.63) is 53.0 Å². The zero-order chi connectivity index (χ0) is 20.5. The summed E-state index contributed by atoms with van der Waals surface area (Å²) < 4.78 is 11.3. The van der Waals surface area contributed by atoms with Crippen LogP contribution in [0.1, 0.15) is 53.1 Å². The lowest BCUT2D eigenvalue weighted by Gasteiger charge is -2.19. The van der Waals surface area contributed by atoms with Crippen molar-refractivity contribution in [3.8, 4) is 5.75 Å². The minimum absolute atomic E-state index is 0.0278. The summed E-state index contributed by atoms with van der Waals surface area (Å²) in [6.45, 7) is 4.11. The standard InChI is InChI=1S/C22H24N2O5/c1-13-7-8-14(2)19(11-13)28-12-15-9-10-18(29-15)20(25)23-24-21(26)16-5-3-4-6-17(16)22(24)27/h7-11,16-17H,3-6,12H2,1-2H3,(H,23,25)/t16-,17+. The molecule has 1 N–H and O–H groups in total. The largest absolute Gasteiger partial charge is 0.485 e. The number of nitrogens with one attached hydrogen (secondary N) is 1. The first-order valence-corrected chi connectivity index (χ1v) is 9.91. The van der Waals surface area contributed by atoms with Crippen LogP contribution in [0.4, 0.5) is 0 Å². The Morgan fingerprint density at radius 1 is 1.10 bits per heavy atom. The Morgan fingerprint density at radius 3 is 2.48 bits per heavy atom. The Labute approximate surface area is 169 Å². The molecule has 152 valence electrons. The van der Waals surface area contributed by atoms with Gasteiger partial charge in [-0.1, -0.05) is 25.0 Å². The van der Waals surface area contributed by atoms with Gasteiger partial charge < -0.3 is 9.15 Å². The van der Waals surface area contributed by atoms with Gasteiger partial charge >= 0.3 is 5.91 Å². The minimum atomic E-state index is -0.622. The molecule has 1 aromatic heterocycles. The number of furan rings is 1. The van der Waals surface area contributed by atoms with Gasteiger partial charge in [0.1, 0.15) is 18.1 Å². The van der Waals surface area contributed by atoms with Crippen molar-refractivity contribution < 1.29 is 23.5 Å². The molecule has 0 spiro atoms. The fourth-order valence-corrected chi connectivity index (χ4v) is 4.02. The monoisotopic (exact) mass is 396 g/mol. The topological polar surface area (TPSA) is 88.9 Å². The molecule has 0 unspecified atom stereocenters. The third-order valence-electron chi connectivity index (χ3n) is 5.65. The molecule has 2 atom stereocenters. The summed E-state index contributed by atoms with van der Waals surface area (Å²) in [5.74, 6) is -0.629. The molecule has 1 aliphatic heterocycles. The van der Waals surface area contributed by atoms with E-state index in [1.165, 1.54) is 6.07 Å². The first-order valence-electron chi connectivity index (χ1n) is 9.91. The van der Waals surface area contributed by atoms with Crippen LogP contribution in [-0.2, 0) is 16.2 Å².